The molecule has 2 saturated carbocycles. The number of carboxylic acids is 1. The summed E-state index contributed by atoms with van der Waals surface area (Å²) in [6.45, 7) is 1.79. The number of aliphatic carboxylic acids is 1. The number of rotatable bonds is 2. The van der Waals surface area contributed by atoms with Gasteiger partial charge in [-0.3, -0.25) is 9.59 Å². The van der Waals surface area contributed by atoms with E-state index in [0.717, 1.165) is 32.4 Å². The van der Waals surface area contributed by atoms with Crippen LogP contribution in [0, 0.1) is 17.3 Å². The second kappa shape index (κ2) is 5.38. The Morgan fingerprint density at radius 2 is 1.55 bits per heavy atom. The minimum absolute atomic E-state index is 0.0336. The standard InChI is InChI=1S/C16H25NO3/c18-14(12-3-4-13(11-12)15(19)20)17-9-7-16(8-10-17)5-1-2-6-16/h12-13H,1-11H2,(H,19,20)/t12-,13+/m1/s1. The first-order valence-corrected chi connectivity index (χ1v) is 8.11. The van der Waals surface area contributed by atoms with E-state index >= 15 is 0 Å². The maximum absolute atomic E-state index is 12.5. The first-order valence-electron chi connectivity index (χ1n) is 8.11. The van der Waals surface area contributed by atoms with Crippen molar-refractivity contribution in [3.05, 3.63) is 0 Å². The summed E-state index contributed by atoms with van der Waals surface area (Å²) in [7, 11) is 0. The normalized spacial score (nSPS) is 32.7. The summed E-state index contributed by atoms with van der Waals surface area (Å²) in [5.41, 5.74) is 0.538. The fourth-order valence-corrected chi connectivity index (χ4v) is 4.51. The summed E-state index contributed by atoms with van der Waals surface area (Å²) >= 11 is 0. The lowest BCUT2D eigenvalue weighted by molar-refractivity contribution is -0.142. The highest BCUT2D eigenvalue weighted by Gasteiger charge is 2.41. The van der Waals surface area contributed by atoms with Gasteiger partial charge in [0.25, 0.3) is 0 Å². The van der Waals surface area contributed by atoms with Crippen LogP contribution in [0.15, 0.2) is 0 Å². The predicted molar refractivity (Wildman–Crippen MR) is 75.2 cm³/mol. The Morgan fingerprint density at radius 1 is 0.950 bits per heavy atom. The first-order chi connectivity index (χ1) is 9.60. The van der Waals surface area contributed by atoms with Gasteiger partial charge in [0.05, 0.1) is 5.92 Å². The molecule has 2 aliphatic carbocycles. The van der Waals surface area contributed by atoms with Crippen molar-refractivity contribution in [1.82, 2.24) is 4.90 Å². The zero-order valence-electron chi connectivity index (χ0n) is 12.1. The average molecular weight is 279 g/mol. The Morgan fingerprint density at radius 3 is 2.10 bits per heavy atom. The van der Waals surface area contributed by atoms with Crippen molar-refractivity contribution < 1.29 is 14.7 Å². The third kappa shape index (κ3) is 2.57. The van der Waals surface area contributed by atoms with Crippen LogP contribution < -0.4 is 0 Å². The van der Waals surface area contributed by atoms with Crippen molar-refractivity contribution in [2.45, 2.75) is 57.8 Å². The summed E-state index contributed by atoms with van der Waals surface area (Å²) in [4.78, 5) is 25.5. The molecule has 4 nitrogen and oxygen atoms in total. The average Bonchev–Trinajstić information content (AvgIpc) is 3.08. The Bertz CT molecular complexity index is 391. The lowest BCUT2D eigenvalue weighted by atomic mass is 9.77. The molecule has 0 radical (unpaired) electrons. The topological polar surface area (TPSA) is 57.6 Å². The van der Waals surface area contributed by atoms with Crippen molar-refractivity contribution in [3.8, 4) is 0 Å². The van der Waals surface area contributed by atoms with E-state index in [1.54, 1.807) is 0 Å². The Balaban J connectivity index is 1.53. The molecule has 0 bridgehead atoms. The zero-order chi connectivity index (χ0) is 14.2. The van der Waals surface area contributed by atoms with Crippen molar-refractivity contribution in [3.63, 3.8) is 0 Å². The van der Waals surface area contributed by atoms with Crippen LogP contribution in [0.3, 0.4) is 0 Å². The van der Waals surface area contributed by atoms with Crippen LogP contribution in [-0.4, -0.2) is 35.0 Å². The molecule has 3 rings (SSSR count). The van der Waals surface area contributed by atoms with E-state index in [0.29, 0.717) is 18.3 Å². The number of carboxylic acid groups (broad SMARTS) is 1. The van der Waals surface area contributed by atoms with Crippen LogP contribution in [0.25, 0.3) is 0 Å². The summed E-state index contributed by atoms with van der Waals surface area (Å²) in [5.74, 6) is -0.839. The second-order valence-corrected chi connectivity index (χ2v) is 7.08. The molecular weight excluding hydrogens is 254 g/mol. The van der Waals surface area contributed by atoms with Crippen LogP contribution in [-0.2, 0) is 9.59 Å². The van der Waals surface area contributed by atoms with Gasteiger partial charge >= 0.3 is 5.97 Å². The minimum atomic E-state index is -0.733. The van der Waals surface area contributed by atoms with Crippen LogP contribution in [0.4, 0.5) is 0 Å². The second-order valence-electron chi connectivity index (χ2n) is 7.08. The number of piperidine rings is 1. The molecule has 0 aromatic heterocycles. The van der Waals surface area contributed by atoms with Gasteiger partial charge in [-0.05, 0) is 50.4 Å². The van der Waals surface area contributed by atoms with Gasteiger partial charge in [-0.1, -0.05) is 12.8 Å². The fourth-order valence-electron chi connectivity index (χ4n) is 4.51. The number of amides is 1. The Hall–Kier alpha value is -1.06. The number of carbonyl (C=O) groups is 2. The molecule has 3 fully saturated rings. The molecule has 3 aliphatic rings. The molecule has 0 aromatic rings. The zero-order valence-corrected chi connectivity index (χ0v) is 12.1. The number of nitrogens with zero attached hydrogens (tertiary/aromatic N) is 1. The van der Waals surface area contributed by atoms with Gasteiger partial charge in [0.2, 0.25) is 5.91 Å². The molecular formula is C16H25NO3. The summed E-state index contributed by atoms with van der Waals surface area (Å²) in [6, 6.07) is 0. The molecule has 2 atom stereocenters. The molecule has 1 heterocycles. The van der Waals surface area contributed by atoms with E-state index in [9.17, 15) is 9.59 Å². The molecule has 0 aromatic carbocycles. The molecule has 1 N–H and O–H groups in total. The quantitative estimate of drug-likeness (QED) is 0.845. The van der Waals surface area contributed by atoms with E-state index in [1.807, 2.05) is 4.90 Å². The van der Waals surface area contributed by atoms with E-state index in [4.69, 9.17) is 5.11 Å². The summed E-state index contributed by atoms with van der Waals surface area (Å²) in [5, 5.41) is 9.04. The van der Waals surface area contributed by atoms with Crippen LogP contribution >= 0.6 is 0 Å². The molecule has 1 aliphatic heterocycles. The van der Waals surface area contributed by atoms with E-state index in [2.05, 4.69) is 0 Å². The van der Waals surface area contributed by atoms with E-state index in [-0.39, 0.29) is 17.7 Å². The molecule has 112 valence electrons. The third-order valence-corrected chi connectivity index (χ3v) is 5.93. The SMILES string of the molecule is O=C(O)[C@H]1CC[C@@H](C(=O)N2CCC3(CCCC3)CC2)C1. The predicted octanol–water partition coefficient (Wildman–Crippen LogP) is 2.67. The van der Waals surface area contributed by atoms with E-state index in [1.165, 1.54) is 25.7 Å². The van der Waals surface area contributed by atoms with Gasteiger partial charge in [-0.2, -0.15) is 0 Å². The smallest absolute Gasteiger partial charge is 0.306 e. The number of likely N-dealkylation sites (tertiary alicyclic amines) is 1. The maximum atomic E-state index is 12.5. The molecule has 0 unspecified atom stereocenters. The lowest BCUT2D eigenvalue weighted by Crippen LogP contribution is -2.44. The third-order valence-electron chi connectivity index (χ3n) is 5.93. The molecule has 1 spiro atoms. The van der Waals surface area contributed by atoms with Crippen LogP contribution in [0.2, 0.25) is 0 Å². The maximum Gasteiger partial charge on any atom is 0.306 e. The van der Waals surface area contributed by atoms with Gasteiger partial charge in [0.15, 0.2) is 0 Å². The van der Waals surface area contributed by atoms with Crippen molar-refractivity contribution in [2.24, 2.45) is 17.3 Å². The largest absolute Gasteiger partial charge is 0.481 e. The molecule has 20 heavy (non-hydrogen) atoms. The van der Waals surface area contributed by atoms with Crippen molar-refractivity contribution >= 4 is 11.9 Å². The highest BCUT2D eigenvalue weighted by Crippen LogP contribution is 2.46. The Kier molecular flexibility index (Phi) is 3.74. The van der Waals surface area contributed by atoms with Crippen LogP contribution in [0.5, 0.6) is 0 Å². The lowest BCUT2D eigenvalue weighted by Gasteiger charge is -2.40. The van der Waals surface area contributed by atoms with Gasteiger partial charge in [0.1, 0.15) is 0 Å². The number of hydrogen-bond acceptors (Lipinski definition) is 2. The minimum Gasteiger partial charge on any atom is -0.481 e. The number of carbonyl (C=O) groups excluding carboxylic acids is 1. The fraction of sp³-hybridized carbons (Fsp3) is 0.875. The molecule has 1 amide bonds. The molecule has 1 saturated heterocycles. The highest BCUT2D eigenvalue weighted by atomic mass is 16.4. The van der Waals surface area contributed by atoms with Gasteiger partial charge in [0, 0.05) is 19.0 Å². The summed E-state index contributed by atoms with van der Waals surface area (Å²) < 4.78 is 0. The Labute approximate surface area is 120 Å². The van der Waals surface area contributed by atoms with Gasteiger partial charge in [-0.15, -0.1) is 0 Å². The van der Waals surface area contributed by atoms with Gasteiger partial charge < -0.3 is 10.0 Å². The van der Waals surface area contributed by atoms with Crippen LogP contribution in [0.1, 0.15) is 57.8 Å². The highest BCUT2D eigenvalue weighted by molar-refractivity contribution is 5.81. The van der Waals surface area contributed by atoms with E-state index < -0.39 is 5.97 Å². The van der Waals surface area contributed by atoms with Crippen molar-refractivity contribution in [2.75, 3.05) is 13.1 Å². The first kappa shape index (κ1) is 13.9. The van der Waals surface area contributed by atoms with Crippen molar-refractivity contribution in [1.29, 1.82) is 0 Å². The summed E-state index contributed by atoms with van der Waals surface area (Å²) in [6.07, 6.45) is 9.71. The molecule has 4 heteroatoms. The monoisotopic (exact) mass is 279 g/mol. The number of hydrogen-bond donors (Lipinski definition) is 1. The van der Waals surface area contributed by atoms with Gasteiger partial charge in [-0.25, -0.2) is 0 Å².